The molecular weight excluding hydrogens is 314 g/mol. The van der Waals surface area contributed by atoms with E-state index in [1.807, 2.05) is 12.1 Å². The first-order valence-electron chi connectivity index (χ1n) is 8.20. The van der Waals surface area contributed by atoms with Gasteiger partial charge in [0.1, 0.15) is 5.82 Å². The summed E-state index contributed by atoms with van der Waals surface area (Å²) < 4.78 is 4.73. The Morgan fingerprint density at radius 1 is 1.00 bits per heavy atom. The molecule has 0 aliphatic rings. The number of esters is 1. The van der Waals surface area contributed by atoms with Crippen molar-refractivity contribution in [2.75, 3.05) is 30.8 Å². The molecule has 5 nitrogen and oxygen atoms in total. The number of benzene rings is 2. The van der Waals surface area contributed by atoms with Gasteiger partial charge in [0, 0.05) is 24.2 Å². The predicted octanol–water partition coefficient (Wildman–Crippen LogP) is 3.85. The zero-order valence-corrected chi connectivity index (χ0v) is 14.4. The van der Waals surface area contributed by atoms with Crippen LogP contribution in [0.5, 0.6) is 0 Å². The van der Waals surface area contributed by atoms with E-state index >= 15 is 0 Å². The lowest BCUT2D eigenvalue weighted by atomic mass is 10.1. The maximum atomic E-state index is 11.6. The first-order chi connectivity index (χ1) is 12.2. The minimum atomic E-state index is -0.367. The van der Waals surface area contributed by atoms with Gasteiger partial charge in [-0.25, -0.2) is 9.78 Å². The minimum absolute atomic E-state index is 0.367. The monoisotopic (exact) mass is 335 g/mol. The lowest BCUT2D eigenvalue weighted by molar-refractivity contribution is 0.0599. The van der Waals surface area contributed by atoms with Gasteiger partial charge in [-0.3, -0.25) is 0 Å². The molecule has 0 spiro atoms. The van der Waals surface area contributed by atoms with E-state index in [4.69, 9.17) is 4.74 Å². The predicted molar refractivity (Wildman–Crippen MR) is 101 cm³/mol. The van der Waals surface area contributed by atoms with Crippen LogP contribution in [-0.4, -0.2) is 31.2 Å². The second kappa shape index (κ2) is 7.66. The van der Waals surface area contributed by atoms with Crippen LogP contribution in [0, 0.1) is 6.92 Å². The molecule has 0 bridgehead atoms. The van der Waals surface area contributed by atoms with Crippen LogP contribution in [0.2, 0.25) is 0 Å². The highest BCUT2D eigenvalue weighted by molar-refractivity contribution is 5.93. The van der Waals surface area contributed by atoms with Gasteiger partial charge in [-0.15, -0.1) is 0 Å². The van der Waals surface area contributed by atoms with Gasteiger partial charge in [0.05, 0.1) is 18.4 Å². The van der Waals surface area contributed by atoms with Crippen LogP contribution < -0.4 is 10.6 Å². The normalized spacial score (nSPS) is 10.5. The van der Waals surface area contributed by atoms with Gasteiger partial charge in [-0.1, -0.05) is 36.4 Å². The fourth-order valence-corrected chi connectivity index (χ4v) is 2.75. The van der Waals surface area contributed by atoms with E-state index in [-0.39, 0.29) is 5.97 Å². The molecule has 0 unspecified atom stereocenters. The number of pyridine rings is 1. The summed E-state index contributed by atoms with van der Waals surface area (Å²) in [5.74, 6) is 0.374. The van der Waals surface area contributed by atoms with Gasteiger partial charge in [0.15, 0.2) is 0 Å². The van der Waals surface area contributed by atoms with Crippen molar-refractivity contribution >= 4 is 28.2 Å². The number of anilines is 2. The molecule has 5 heteroatoms. The second-order valence-electron chi connectivity index (χ2n) is 5.70. The molecule has 3 rings (SSSR count). The molecule has 0 atom stereocenters. The number of nitrogens with one attached hydrogen (secondary N) is 2. The van der Waals surface area contributed by atoms with Crippen molar-refractivity contribution in [3.8, 4) is 0 Å². The van der Waals surface area contributed by atoms with Gasteiger partial charge < -0.3 is 15.4 Å². The average Bonchev–Trinajstić information content (AvgIpc) is 2.65. The molecule has 0 aliphatic carbocycles. The van der Waals surface area contributed by atoms with Crippen molar-refractivity contribution in [2.24, 2.45) is 0 Å². The van der Waals surface area contributed by atoms with Crippen molar-refractivity contribution in [3.05, 3.63) is 65.9 Å². The molecule has 3 aromatic rings. The number of carbonyl (C=O) groups is 1. The fraction of sp³-hybridized carbons (Fsp3) is 0.200. The van der Waals surface area contributed by atoms with Crippen molar-refractivity contribution in [1.82, 2.24) is 4.98 Å². The van der Waals surface area contributed by atoms with Gasteiger partial charge in [0.25, 0.3) is 0 Å². The van der Waals surface area contributed by atoms with Crippen molar-refractivity contribution in [1.29, 1.82) is 0 Å². The third kappa shape index (κ3) is 3.88. The van der Waals surface area contributed by atoms with Crippen LogP contribution >= 0.6 is 0 Å². The van der Waals surface area contributed by atoms with E-state index in [2.05, 4.69) is 45.9 Å². The zero-order chi connectivity index (χ0) is 17.6. The zero-order valence-electron chi connectivity index (χ0n) is 14.4. The first-order valence-corrected chi connectivity index (χ1v) is 8.20. The Bertz CT molecular complexity index is 888. The highest BCUT2D eigenvalue weighted by atomic mass is 16.5. The van der Waals surface area contributed by atoms with Gasteiger partial charge >= 0.3 is 5.97 Å². The molecule has 128 valence electrons. The number of ether oxygens (including phenoxy) is 1. The number of rotatable bonds is 6. The SMILES string of the molecule is COC(=O)c1ccc(NCCNc2cccc3ccccc23)nc1C. The number of carbonyl (C=O) groups excluding carboxylic acids is 1. The van der Waals surface area contributed by atoms with Crippen LogP contribution in [0.15, 0.2) is 54.6 Å². The van der Waals surface area contributed by atoms with E-state index in [0.717, 1.165) is 18.1 Å². The Morgan fingerprint density at radius 3 is 2.56 bits per heavy atom. The number of aromatic nitrogens is 1. The van der Waals surface area contributed by atoms with Crippen LogP contribution in [0.1, 0.15) is 16.1 Å². The number of nitrogens with zero attached hydrogens (tertiary/aromatic N) is 1. The van der Waals surface area contributed by atoms with E-state index in [0.29, 0.717) is 17.8 Å². The van der Waals surface area contributed by atoms with Gasteiger partial charge in [0.2, 0.25) is 0 Å². The Hall–Kier alpha value is -3.08. The number of methoxy groups -OCH3 is 1. The molecule has 0 amide bonds. The lowest BCUT2D eigenvalue weighted by Gasteiger charge is -2.11. The summed E-state index contributed by atoms with van der Waals surface area (Å²) in [5.41, 5.74) is 2.26. The van der Waals surface area contributed by atoms with E-state index in [1.165, 1.54) is 17.9 Å². The molecule has 1 heterocycles. The van der Waals surface area contributed by atoms with Crippen molar-refractivity contribution in [2.45, 2.75) is 6.92 Å². The molecule has 0 saturated heterocycles. The number of aryl methyl sites for hydroxylation is 1. The highest BCUT2D eigenvalue weighted by Gasteiger charge is 2.10. The summed E-state index contributed by atoms with van der Waals surface area (Å²) in [6, 6.07) is 18.1. The lowest BCUT2D eigenvalue weighted by Crippen LogP contribution is -2.15. The maximum Gasteiger partial charge on any atom is 0.339 e. The number of fused-ring (bicyclic) bond motifs is 1. The third-order valence-electron chi connectivity index (χ3n) is 4.03. The van der Waals surface area contributed by atoms with Crippen LogP contribution in [-0.2, 0) is 4.74 Å². The van der Waals surface area contributed by atoms with E-state index in [1.54, 1.807) is 19.1 Å². The summed E-state index contributed by atoms with van der Waals surface area (Å²) >= 11 is 0. The summed E-state index contributed by atoms with van der Waals surface area (Å²) in [5, 5.41) is 9.14. The first kappa shape index (κ1) is 16.8. The molecule has 2 N–H and O–H groups in total. The summed E-state index contributed by atoms with van der Waals surface area (Å²) in [6.45, 7) is 3.27. The van der Waals surface area contributed by atoms with Crippen LogP contribution in [0.4, 0.5) is 11.5 Å². The molecular formula is C20H21N3O2. The maximum absolute atomic E-state index is 11.6. The minimum Gasteiger partial charge on any atom is -0.465 e. The Morgan fingerprint density at radius 2 is 1.76 bits per heavy atom. The van der Waals surface area contributed by atoms with E-state index < -0.39 is 0 Å². The smallest absolute Gasteiger partial charge is 0.339 e. The molecule has 2 aromatic carbocycles. The standard InChI is InChI=1S/C20H21N3O2/c1-14-16(20(24)25-2)10-11-19(23-14)22-13-12-21-18-9-5-7-15-6-3-4-8-17(15)18/h3-11,21H,12-13H2,1-2H3,(H,22,23). The molecule has 0 aliphatic heterocycles. The largest absolute Gasteiger partial charge is 0.465 e. The van der Waals surface area contributed by atoms with Crippen molar-refractivity contribution in [3.63, 3.8) is 0 Å². The molecule has 1 aromatic heterocycles. The molecule has 0 saturated carbocycles. The van der Waals surface area contributed by atoms with E-state index in [9.17, 15) is 4.79 Å². The van der Waals surface area contributed by atoms with Gasteiger partial charge in [-0.05, 0) is 30.5 Å². The molecule has 0 fully saturated rings. The average molecular weight is 335 g/mol. The summed E-state index contributed by atoms with van der Waals surface area (Å²) in [7, 11) is 1.37. The second-order valence-corrected chi connectivity index (χ2v) is 5.70. The van der Waals surface area contributed by atoms with Crippen LogP contribution in [0.25, 0.3) is 10.8 Å². The third-order valence-corrected chi connectivity index (χ3v) is 4.03. The molecule has 0 radical (unpaired) electrons. The Balaban J connectivity index is 1.58. The summed E-state index contributed by atoms with van der Waals surface area (Å²) in [4.78, 5) is 16.0. The quantitative estimate of drug-likeness (QED) is 0.529. The van der Waals surface area contributed by atoms with Crippen molar-refractivity contribution < 1.29 is 9.53 Å². The fourth-order valence-electron chi connectivity index (χ4n) is 2.75. The topological polar surface area (TPSA) is 63.2 Å². The Labute approximate surface area is 147 Å². The number of hydrogen-bond acceptors (Lipinski definition) is 5. The van der Waals surface area contributed by atoms with Gasteiger partial charge in [-0.2, -0.15) is 0 Å². The number of hydrogen-bond donors (Lipinski definition) is 2. The Kier molecular flexibility index (Phi) is 5.14. The highest BCUT2D eigenvalue weighted by Crippen LogP contribution is 2.22. The van der Waals surface area contributed by atoms with Crippen LogP contribution in [0.3, 0.4) is 0 Å². The molecule has 25 heavy (non-hydrogen) atoms. The summed E-state index contributed by atoms with van der Waals surface area (Å²) in [6.07, 6.45) is 0.